The largest absolute Gasteiger partial charge is 0.507 e. The summed E-state index contributed by atoms with van der Waals surface area (Å²) in [6.07, 6.45) is 3.03. The van der Waals surface area contributed by atoms with Gasteiger partial charge in [0.1, 0.15) is 17.1 Å². The number of benzene rings is 2. The van der Waals surface area contributed by atoms with Gasteiger partial charge in [0.05, 0.1) is 0 Å². The van der Waals surface area contributed by atoms with E-state index in [9.17, 15) is 14.7 Å². The van der Waals surface area contributed by atoms with Gasteiger partial charge in [0, 0.05) is 24.0 Å². The van der Waals surface area contributed by atoms with Gasteiger partial charge in [-0.3, -0.25) is 9.59 Å². The van der Waals surface area contributed by atoms with E-state index in [1.807, 2.05) is 12.1 Å². The predicted octanol–water partition coefficient (Wildman–Crippen LogP) is 6.65. The first-order valence-electron chi connectivity index (χ1n) is 14.1. The zero-order valence-corrected chi connectivity index (χ0v) is 25.7. The Bertz CT molecular complexity index is 1200. The third-order valence-corrected chi connectivity index (χ3v) is 7.43. The molecule has 0 aliphatic carbocycles. The molecule has 5 N–H and O–H groups in total. The molecule has 6 nitrogen and oxygen atoms in total. The van der Waals surface area contributed by atoms with E-state index in [0.29, 0.717) is 37.4 Å². The van der Waals surface area contributed by atoms with Gasteiger partial charge in [-0.05, 0) is 78.2 Å². The molecule has 2 aromatic rings. The molecule has 2 amide bonds. The van der Waals surface area contributed by atoms with Crippen LogP contribution in [-0.4, -0.2) is 16.9 Å². The maximum absolute atomic E-state index is 11.0. The molecular weight excluding hydrogens is 488 g/mol. The maximum Gasteiger partial charge on any atom is 0.217 e. The summed E-state index contributed by atoms with van der Waals surface area (Å²) >= 11 is 0. The molecular formula is C33H50N2O4. The highest BCUT2D eigenvalue weighted by Gasteiger charge is 2.40. The van der Waals surface area contributed by atoms with E-state index >= 15 is 0 Å². The first-order valence-corrected chi connectivity index (χ1v) is 14.1. The van der Waals surface area contributed by atoms with Crippen LogP contribution < -0.4 is 16.2 Å². The highest BCUT2D eigenvalue weighted by atomic mass is 16.5. The number of hydrogen-bond acceptors (Lipinski definition) is 4. The van der Waals surface area contributed by atoms with Gasteiger partial charge in [0.25, 0.3) is 0 Å². The molecule has 1 heterocycles. The van der Waals surface area contributed by atoms with Crippen LogP contribution in [0.1, 0.15) is 128 Å². The smallest absolute Gasteiger partial charge is 0.217 e. The zero-order valence-electron chi connectivity index (χ0n) is 25.7. The van der Waals surface area contributed by atoms with E-state index < -0.39 is 0 Å². The molecule has 3 rings (SSSR count). The zero-order chi connectivity index (χ0) is 29.9. The van der Waals surface area contributed by atoms with Crippen LogP contribution in [0.5, 0.6) is 11.5 Å². The molecule has 0 spiro atoms. The quantitative estimate of drug-likeness (QED) is 0.349. The number of ether oxygens (including phenoxy) is 1. The monoisotopic (exact) mass is 538 g/mol. The molecule has 0 saturated carbocycles. The van der Waals surface area contributed by atoms with Gasteiger partial charge in [-0.2, -0.15) is 0 Å². The van der Waals surface area contributed by atoms with Crippen LogP contribution >= 0.6 is 0 Å². The van der Waals surface area contributed by atoms with E-state index in [-0.39, 0.29) is 28.2 Å². The first-order chi connectivity index (χ1) is 17.8. The SMILES string of the molecule is CC(C)(C)c1cc(CCC(N)=O)cc2c1OC2(C)C.CCC(C)c1cc(CCC(N)=O)cc(C(C)(C)C)c1O. The van der Waals surface area contributed by atoms with Gasteiger partial charge >= 0.3 is 0 Å². The number of rotatable bonds is 8. The standard InChI is InChI=1S/C17H27NO2.C16H23NO2/c1-6-11(2)13-9-12(7-8-15(18)19)10-14(16(13)20)17(3,4)5;1-15(2,3)11-8-10(6-7-13(17)18)9-12-14(11)19-16(12,4)5/h9-11,20H,6-8H2,1-5H3,(H2,18,19);8-9H,6-7H2,1-5H3,(H2,17,18). The summed E-state index contributed by atoms with van der Waals surface area (Å²) in [7, 11) is 0. The molecule has 216 valence electrons. The average Bonchev–Trinajstić information content (AvgIpc) is 2.80. The van der Waals surface area contributed by atoms with E-state index in [1.54, 1.807) is 0 Å². The van der Waals surface area contributed by atoms with Crippen molar-refractivity contribution in [2.24, 2.45) is 11.5 Å². The Hall–Kier alpha value is -3.02. The van der Waals surface area contributed by atoms with Gasteiger partial charge in [-0.25, -0.2) is 0 Å². The molecule has 0 radical (unpaired) electrons. The molecule has 1 aliphatic heterocycles. The van der Waals surface area contributed by atoms with E-state index in [1.165, 1.54) is 16.7 Å². The molecule has 0 saturated heterocycles. The predicted molar refractivity (Wildman–Crippen MR) is 159 cm³/mol. The lowest BCUT2D eigenvalue weighted by atomic mass is 9.78. The molecule has 1 aliphatic rings. The molecule has 0 bridgehead atoms. The van der Waals surface area contributed by atoms with Crippen LogP contribution in [0.2, 0.25) is 0 Å². The molecule has 39 heavy (non-hydrogen) atoms. The van der Waals surface area contributed by atoms with Gasteiger partial charge in [0.2, 0.25) is 11.8 Å². The second-order valence-corrected chi connectivity index (χ2v) is 13.5. The third-order valence-electron chi connectivity index (χ3n) is 7.43. The Kier molecular flexibility index (Phi) is 9.92. The Balaban J connectivity index is 0.000000274. The van der Waals surface area contributed by atoms with Crippen molar-refractivity contribution < 1.29 is 19.4 Å². The van der Waals surface area contributed by atoms with Gasteiger partial charge in [0.15, 0.2) is 0 Å². The molecule has 6 heteroatoms. The average molecular weight is 539 g/mol. The fourth-order valence-corrected chi connectivity index (χ4v) is 4.78. The topological polar surface area (TPSA) is 116 Å². The lowest BCUT2D eigenvalue weighted by molar-refractivity contribution is -0.118. The van der Waals surface area contributed by atoms with Crippen molar-refractivity contribution in [3.8, 4) is 11.5 Å². The summed E-state index contributed by atoms with van der Waals surface area (Å²) in [5.74, 6) is 1.16. The third kappa shape index (κ3) is 8.23. The lowest BCUT2D eigenvalue weighted by Crippen LogP contribution is -2.37. The summed E-state index contributed by atoms with van der Waals surface area (Å²) < 4.78 is 5.92. The number of nitrogens with two attached hydrogens (primary N) is 2. The van der Waals surface area contributed by atoms with Gasteiger partial charge < -0.3 is 21.3 Å². The number of aromatic hydroxyl groups is 1. The van der Waals surface area contributed by atoms with Crippen LogP contribution in [0.4, 0.5) is 0 Å². The van der Waals surface area contributed by atoms with Crippen LogP contribution in [0.3, 0.4) is 0 Å². The summed E-state index contributed by atoms with van der Waals surface area (Å²) in [4.78, 5) is 21.9. The minimum absolute atomic E-state index is 0.0311. The molecule has 0 aromatic heterocycles. The van der Waals surface area contributed by atoms with Crippen molar-refractivity contribution in [3.63, 3.8) is 0 Å². The molecule has 1 atom stereocenters. The van der Waals surface area contributed by atoms with Crippen molar-refractivity contribution in [2.45, 2.75) is 124 Å². The van der Waals surface area contributed by atoms with Crippen molar-refractivity contribution in [2.75, 3.05) is 0 Å². The number of hydrogen-bond donors (Lipinski definition) is 3. The lowest BCUT2D eigenvalue weighted by Gasteiger charge is -2.42. The Morgan fingerprint density at radius 2 is 1.33 bits per heavy atom. The number of phenolic OH excluding ortho intramolecular Hbond substituents is 1. The Morgan fingerprint density at radius 1 is 0.872 bits per heavy atom. The summed E-state index contributed by atoms with van der Waals surface area (Å²) in [5, 5.41) is 10.5. The summed E-state index contributed by atoms with van der Waals surface area (Å²) in [6.45, 7) is 21.1. The molecule has 2 aromatic carbocycles. The molecule has 1 unspecified atom stereocenters. The number of aryl methyl sites for hydroxylation is 2. The van der Waals surface area contributed by atoms with Gasteiger partial charge in [-0.15, -0.1) is 0 Å². The minimum Gasteiger partial charge on any atom is -0.507 e. The van der Waals surface area contributed by atoms with Crippen molar-refractivity contribution in [1.29, 1.82) is 0 Å². The Morgan fingerprint density at radius 3 is 1.74 bits per heavy atom. The van der Waals surface area contributed by atoms with Crippen LogP contribution in [0.25, 0.3) is 0 Å². The number of phenols is 1. The second-order valence-electron chi connectivity index (χ2n) is 13.5. The highest BCUT2D eigenvalue weighted by Crippen LogP contribution is 2.49. The number of amides is 2. The second kappa shape index (κ2) is 12.0. The van der Waals surface area contributed by atoms with Gasteiger partial charge in [-0.1, -0.05) is 73.6 Å². The normalized spacial score (nSPS) is 14.7. The summed E-state index contributed by atoms with van der Waals surface area (Å²) in [5.41, 5.74) is 16.7. The first kappa shape index (κ1) is 32.2. The van der Waals surface area contributed by atoms with Crippen molar-refractivity contribution >= 4 is 11.8 Å². The van der Waals surface area contributed by atoms with E-state index in [0.717, 1.165) is 28.9 Å². The van der Waals surface area contributed by atoms with Crippen LogP contribution in [0, 0.1) is 0 Å². The minimum atomic E-state index is -0.291. The summed E-state index contributed by atoms with van der Waals surface area (Å²) in [6, 6.07) is 8.32. The van der Waals surface area contributed by atoms with E-state index in [4.69, 9.17) is 16.2 Å². The maximum atomic E-state index is 11.0. The highest BCUT2D eigenvalue weighted by molar-refractivity contribution is 5.74. The van der Waals surface area contributed by atoms with Crippen molar-refractivity contribution in [1.82, 2.24) is 0 Å². The number of carbonyl (C=O) groups is 2. The number of carbonyl (C=O) groups excluding carboxylic acids is 2. The van der Waals surface area contributed by atoms with Crippen molar-refractivity contribution in [3.05, 3.63) is 57.6 Å². The van der Waals surface area contributed by atoms with Crippen LogP contribution in [-0.2, 0) is 38.9 Å². The number of primary amides is 2. The fourth-order valence-electron chi connectivity index (χ4n) is 4.78. The fraction of sp³-hybridized carbons (Fsp3) is 0.576. The van der Waals surface area contributed by atoms with E-state index in [2.05, 4.69) is 81.4 Å². The Labute approximate surface area is 235 Å². The van der Waals surface area contributed by atoms with Crippen LogP contribution in [0.15, 0.2) is 24.3 Å². The molecule has 0 fully saturated rings. The number of fused-ring (bicyclic) bond motifs is 1.